The van der Waals surface area contributed by atoms with Crippen LogP contribution in [0, 0.1) is 0 Å². The Kier molecular flexibility index (Phi) is 2.98. The van der Waals surface area contributed by atoms with E-state index in [0.29, 0.717) is 6.10 Å². The third-order valence-corrected chi connectivity index (χ3v) is 3.10. The number of ether oxygens (including phenoxy) is 1. The molecular formula is C9H15N3OS. The molecule has 0 spiro atoms. The van der Waals surface area contributed by atoms with Crippen LogP contribution >= 0.6 is 11.5 Å². The predicted octanol–water partition coefficient (Wildman–Crippen LogP) is 1.33. The fraction of sp³-hybridized carbons (Fsp3) is 0.778. The summed E-state index contributed by atoms with van der Waals surface area (Å²) in [5.41, 5.74) is 0. The highest BCUT2D eigenvalue weighted by molar-refractivity contribution is 7.09. The molecule has 0 bridgehead atoms. The lowest BCUT2D eigenvalue weighted by Crippen LogP contribution is -2.41. The summed E-state index contributed by atoms with van der Waals surface area (Å²) in [4.78, 5) is 6.72. The number of anilines is 1. The number of aryl methyl sites for hydroxylation is 1. The molecule has 2 rings (SSSR count). The van der Waals surface area contributed by atoms with Crippen LogP contribution in [0.15, 0.2) is 0 Å². The van der Waals surface area contributed by atoms with E-state index in [1.54, 1.807) is 0 Å². The smallest absolute Gasteiger partial charge is 0.205 e. The van der Waals surface area contributed by atoms with Crippen LogP contribution in [-0.2, 0) is 11.2 Å². The molecule has 1 saturated heterocycles. The van der Waals surface area contributed by atoms with Crippen LogP contribution in [0.5, 0.6) is 0 Å². The number of nitrogens with zero attached hydrogens (tertiary/aromatic N) is 3. The molecule has 5 heteroatoms. The maximum absolute atomic E-state index is 5.48. The summed E-state index contributed by atoms with van der Waals surface area (Å²) < 4.78 is 9.76. The van der Waals surface area contributed by atoms with E-state index >= 15 is 0 Å². The van der Waals surface area contributed by atoms with Gasteiger partial charge in [0.05, 0.1) is 12.7 Å². The molecule has 0 unspecified atom stereocenters. The van der Waals surface area contributed by atoms with Gasteiger partial charge in [-0.2, -0.15) is 4.37 Å². The van der Waals surface area contributed by atoms with Gasteiger partial charge in [0.1, 0.15) is 5.82 Å². The lowest BCUT2D eigenvalue weighted by atomic mass is 10.3. The van der Waals surface area contributed by atoms with Crippen LogP contribution in [0.3, 0.4) is 0 Å². The summed E-state index contributed by atoms with van der Waals surface area (Å²) >= 11 is 1.49. The van der Waals surface area contributed by atoms with E-state index in [1.807, 2.05) is 0 Å². The molecule has 0 radical (unpaired) electrons. The number of aromatic nitrogens is 2. The third kappa shape index (κ3) is 2.04. The van der Waals surface area contributed by atoms with Gasteiger partial charge in [0.15, 0.2) is 0 Å². The summed E-state index contributed by atoms with van der Waals surface area (Å²) in [6.07, 6.45) is 1.22. The van der Waals surface area contributed by atoms with E-state index in [4.69, 9.17) is 4.74 Å². The van der Waals surface area contributed by atoms with Crippen molar-refractivity contribution in [2.75, 3.05) is 24.6 Å². The van der Waals surface area contributed by atoms with Gasteiger partial charge in [-0.1, -0.05) is 6.92 Å². The number of hydrogen-bond donors (Lipinski definition) is 0. The lowest BCUT2D eigenvalue weighted by Gasteiger charge is -2.30. The summed E-state index contributed by atoms with van der Waals surface area (Å²) in [7, 11) is 0. The molecule has 0 amide bonds. The van der Waals surface area contributed by atoms with Gasteiger partial charge in [0.2, 0.25) is 5.13 Å². The minimum Gasteiger partial charge on any atom is -0.375 e. The maximum Gasteiger partial charge on any atom is 0.205 e. The van der Waals surface area contributed by atoms with Crippen LogP contribution in [0.4, 0.5) is 5.13 Å². The Morgan fingerprint density at radius 1 is 1.64 bits per heavy atom. The van der Waals surface area contributed by atoms with Crippen LogP contribution in [-0.4, -0.2) is 35.2 Å². The van der Waals surface area contributed by atoms with Crippen molar-refractivity contribution in [2.24, 2.45) is 0 Å². The zero-order chi connectivity index (χ0) is 9.97. The largest absolute Gasteiger partial charge is 0.375 e. The number of morpholine rings is 1. The fourth-order valence-electron chi connectivity index (χ4n) is 1.51. The molecule has 1 aliphatic rings. The van der Waals surface area contributed by atoms with Crippen molar-refractivity contribution in [3.63, 3.8) is 0 Å². The Labute approximate surface area is 88.1 Å². The zero-order valence-corrected chi connectivity index (χ0v) is 9.38. The van der Waals surface area contributed by atoms with Crippen molar-refractivity contribution in [1.29, 1.82) is 0 Å². The second-order valence-electron chi connectivity index (χ2n) is 3.47. The SMILES string of the molecule is CCc1nsc(N2CCO[C@@H](C)C2)n1. The van der Waals surface area contributed by atoms with Crippen molar-refractivity contribution in [3.05, 3.63) is 5.82 Å². The average Bonchev–Trinajstić information content (AvgIpc) is 2.66. The standard InChI is InChI=1S/C9H15N3OS/c1-3-8-10-9(14-11-8)12-4-5-13-7(2)6-12/h7H,3-6H2,1-2H3/t7-/m0/s1. The number of hydrogen-bond acceptors (Lipinski definition) is 5. The average molecular weight is 213 g/mol. The highest BCUT2D eigenvalue weighted by Gasteiger charge is 2.19. The van der Waals surface area contributed by atoms with Gasteiger partial charge < -0.3 is 9.64 Å². The van der Waals surface area contributed by atoms with E-state index in [-0.39, 0.29) is 0 Å². The molecule has 1 atom stereocenters. The Hall–Kier alpha value is -0.680. The molecule has 78 valence electrons. The van der Waals surface area contributed by atoms with Crippen LogP contribution in [0.25, 0.3) is 0 Å². The molecule has 14 heavy (non-hydrogen) atoms. The van der Waals surface area contributed by atoms with Crippen LogP contribution in [0.2, 0.25) is 0 Å². The third-order valence-electron chi connectivity index (χ3n) is 2.29. The van der Waals surface area contributed by atoms with E-state index in [0.717, 1.165) is 37.1 Å². The van der Waals surface area contributed by atoms with Gasteiger partial charge >= 0.3 is 0 Å². The molecule has 4 nitrogen and oxygen atoms in total. The Morgan fingerprint density at radius 2 is 2.50 bits per heavy atom. The summed E-state index contributed by atoms with van der Waals surface area (Å²) in [5.74, 6) is 0.948. The molecule has 0 N–H and O–H groups in total. The monoisotopic (exact) mass is 213 g/mol. The first-order valence-electron chi connectivity index (χ1n) is 4.98. The minimum atomic E-state index is 0.303. The maximum atomic E-state index is 5.48. The van der Waals surface area contributed by atoms with Gasteiger partial charge in [0.25, 0.3) is 0 Å². The Balaban J connectivity index is 2.06. The van der Waals surface area contributed by atoms with Gasteiger partial charge in [0, 0.05) is 31.0 Å². The molecule has 0 aliphatic carbocycles. The van der Waals surface area contributed by atoms with Gasteiger partial charge in [-0.15, -0.1) is 0 Å². The second kappa shape index (κ2) is 4.23. The Bertz CT molecular complexity index is 302. The fourth-order valence-corrected chi connectivity index (χ4v) is 2.29. The normalized spacial score (nSPS) is 22.7. The van der Waals surface area contributed by atoms with Crippen molar-refractivity contribution < 1.29 is 4.74 Å². The highest BCUT2D eigenvalue weighted by atomic mass is 32.1. The number of rotatable bonds is 2. The van der Waals surface area contributed by atoms with Gasteiger partial charge in [-0.3, -0.25) is 0 Å². The van der Waals surface area contributed by atoms with Gasteiger partial charge in [-0.25, -0.2) is 4.98 Å². The first kappa shape index (κ1) is 9.86. The van der Waals surface area contributed by atoms with E-state index in [2.05, 4.69) is 28.1 Å². The molecular weight excluding hydrogens is 198 g/mol. The molecule has 1 fully saturated rings. The van der Waals surface area contributed by atoms with Crippen molar-refractivity contribution in [1.82, 2.24) is 9.36 Å². The second-order valence-corrected chi connectivity index (χ2v) is 4.20. The predicted molar refractivity (Wildman–Crippen MR) is 56.9 cm³/mol. The minimum absolute atomic E-state index is 0.303. The van der Waals surface area contributed by atoms with E-state index in [9.17, 15) is 0 Å². The topological polar surface area (TPSA) is 38.2 Å². The van der Waals surface area contributed by atoms with Crippen molar-refractivity contribution >= 4 is 16.7 Å². The molecule has 2 heterocycles. The van der Waals surface area contributed by atoms with Crippen molar-refractivity contribution in [2.45, 2.75) is 26.4 Å². The molecule has 1 aromatic rings. The highest BCUT2D eigenvalue weighted by Crippen LogP contribution is 2.19. The van der Waals surface area contributed by atoms with Crippen LogP contribution < -0.4 is 4.90 Å². The molecule has 0 aromatic carbocycles. The summed E-state index contributed by atoms with van der Waals surface area (Å²) in [6.45, 7) is 6.82. The van der Waals surface area contributed by atoms with Gasteiger partial charge in [-0.05, 0) is 6.92 Å². The van der Waals surface area contributed by atoms with Crippen molar-refractivity contribution in [3.8, 4) is 0 Å². The summed E-state index contributed by atoms with van der Waals surface area (Å²) in [6, 6.07) is 0. The lowest BCUT2D eigenvalue weighted by molar-refractivity contribution is 0.0532. The molecule has 1 aliphatic heterocycles. The summed E-state index contributed by atoms with van der Waals surface area (Å²) in [5, 5.41) is 1.04. The van der Waals surface area contributed by atoms with E-state index < -0.39 is 0 Å². The first-order valence-corrected chi connectivity index (χ1v) is 5.76. The first-order chi connectivity index (χ1) is 6.79. The Morgan fingerprint density at radius 3 is 3.14 bits per heavy atom. The quantitative estimate of drug-likeness (QED) is 0.743. The molecule has 0 saturated carbocycles. The van der Waals surface area contributed by atoms with Crippen LogP contribution in [0.1, 0.15) is 19.7 Å². The molecule has 1 aromatic heterocycles. The zero-order valence-electron chi connectivity index (χ0n) is 8.56. The van der Waals surface area contributed by atoms with E-state index in [1.165, 1.54) is 11.5 Å².